The van der Waals surface area contributed by atoms with Gasteiger partial charge in [-0.1, -0.05) is 38.4 Å². The van der Waals surface area contributed by atoms with Gasteiger partial charge >= 0.3 is 5.97 Å². The number of halogens is 1. The summed E-state index contributed by atoms with van der Waals surface area (Å²) in [5, 5.41) is 10.8. The van der Waals surface area contributed by atoms with E-state index in [0.29, 0.717) is 21.5 Å². The number of fused-ring (bicyclic) bond motifs is 1. The normalized spacial score (nSPS) is 14.0. The zero-order chi connectivity index (χ0) is 23.8. The van der Waals surface area contributed by atoms with E-state index < -0.39 is 20.9 Å². The molecule has 0 amide bonds. The third kappa shape index (κ3) is 4.95. The van der Waals surface area contributed by atoms with Crippen LogP contribution in [0.5, 0.6) is 0 Å². The van der Waals surface area contributed by atoms with Crippen LogP contribution in [-0.2, 0) is 9.22 Å². The Bertz CT molecular complexity index is 1170. The Morgan fingerprint density at radius 3 is 2.47 bits per heavy atom. The number of hydrogen-bond acceptors (Lipinski definition) is 4. The van der Waals surface area contributed by atoms with Gasteiger partial charge in [-0.3, -0.25) is 14.6 Å². The van der Waals surface area contributed by atoms with Crippen molar-refractivity contribution in [2.75, 3.05) is 0 Å². The van der Waals surface area contributed by atoms with E-state index in [9.17, 15) is 14.7 Å². The molecule has 0 spiro atoms. The van der Waals surface area contributed by atoms with E-state index in [1.54, 1.807) is 37.4 Å². The fraction of sp³-hybridized carbons (Fsp3) is 0.375. The number of aliphatic carboxylic acids is 1. The van der Waals surface area contributed by atoms with E-state index in [2.05, 4.69) is 43.8 Å². The van der Waals surface area contributed by atoms with Gasteiger partial charge in [0.25, 0.3) is 0 Å². The van der Waals surface area contributed by atoms with Crippen LogP contribution in [-0.4, -0.2) is 35.9 Å². The molecule has 2 heterocycles. The number of ketones is 1. The summed E-state index contributed by atoms with van der Waals surface area (Å²) in [4.78, 5) is 32.7. The van der Waals surface area contributed by atoms with Crippen LogP contribution in [0, 0.1) is 5.41 Å². The van der Waals surface area contributed by atoms with Gasteiger partial charge in [-0.05, 0) is 55.3 Å². The molecule has 1 radical (unpaired) electrons. The van der Waals surface area contributed by atoms with Crippen molar-refractivity contribution in [1.82, 2.24) is 9.97 Å². The fourth-order valence-corrected chi connectivity index (χ4v) is 4.92. The standard InChI is InChI=1S/C24H28ClN2O4Si/c1-13(23(29)30)19-16-8-7-15(25)12-17(16)27-20(19)21(28)18-11-14(9-10-26-18)22(24(2,3)4)31-32(5)6/h7-13,22,27H,1-6H3,(H,29,30). The van der Waals surface area contributed by atoms with E-state index in [-0.39, 0.29) is 28.7 Å². The topological polar surface area (TPSA) is 92.3 Å². The minimum Gasteiger partial charge on any atom is -0.481 e. The van der Waals surface area contributed by atoms with Crippen LogP contribution in [0.3, 0.4) is 0 Å². The predicted octanol–water partition coefficient (Wildman–Crippen LogP) is 5.99. The number of carboxylic acids is 1. The third-order valence-electron chi connectivity index (χ3n) is 5.29. The summed E-state index contributed by atoms with van der Waals surface area (Å²) >= 11 is 6.11. The van der Waals surface area contributed by atoms with Crippen molar-refractivity contribution in [1.29, 1.82) is 0 Å². The first-order valence-corrected chi connectivity index (χ1v) is 13.2. The Kier molecular flexibility index (Phi) is 6.93. The average Bonchev–Trinajstić information content (AvgIpc) is 3.08. The molecule has 0 saturated heterocycles. The molecular formula is C24H28ClN2O4Si. The molecule has 0 saturated carbocycles. The number of carboxylic acid groups (broad SMARTS) is 1. The molecule has 0 aliphatic heterocycles. The summed E-state index contributed by atoms with van der Waals surface area (Å²) in [6.07, 6.45) is 1.40. The van der Waals surface area contributed by atoms with Gasteiger partial charge in [0.05, 0.1) is 17.7 Å². The maximum Gasteiger partial charge on any atom is 0.310 e. The quantitative estimate of drug-likeness (QED) is 0.326. The summed E-state index contributed by atoms with van der Waals surface area (Å²) in [5.74, 6) is -2.27. The average molecular weight is 472 g/mol. The maximum atomic E-state index is 13.5. The minimum atomic E-state index is -1.02. The van der Waals surface area contributed by atoms with Crippen molar-refractivity contribution in [3.63, 3.8) is 0 Å². The Balaban J connectivity index is 2.13. The summed E-state index contributed by atoms with van der Waals surface area (Å²) in [6, 6.07) is 8.72. The van der Waals surface area contributed by atoms with Crippen molar-refractivity contribution in [2.24, 2.45) is 5.41 Å². The van der Waals surface area contributed by atoms with Crippen molar-refractivity contribution >= 4 is 43.3 Å². The van der Waals surface area contributed by atoms with Crippen LogP contribution < -0.4 is 0 Å². The minimum absolute atomic E-state index is 0.176. The number of carbonyl (C=O) groups excluding carboxylic acids is 1. The third-order valence-corrected chi connectivity index (χ3v) is 6.23. The van der Waals surface area contributed by atoms with E-state index in [4.69, 9.17) is 16.0 Å². The van der Waals surface area contributed by atoms with Crippen LogP contribution in [0.4, 0.5) is 0 Å². The number of rotatable bonds is 7. The molecule has 32 heavy (non-hydrogen) atoms. The summed E-state index contributed by atoms with van der Waals surface area (Å²) in [7, 11) is -0.985. The lowest BCUT2D eigenvalue weighted by Gasteiger charge is -2.32. The molecule has 8 heteroatoms. The second kappa shape index (κ2) is 9.17. The highest BCUT2D eigenvalue weighted by molar-refractivity contribution is 6.48. The van der Waals surface area contributed by atoms with Crippen LogP contribution in [0.2, 0.25) is 18.1 Å². The van der Waals surface area contributed by atoms with Crippen molar-refractivity contribution < 1.29 is 19.1 Å². The van der Waals surface area contributed by atoms with E-state index in [0.717, 1.165) is 5.56 Å². The number of pyridine rings is 1. The number of carbonyl (C=O) groups is 2. The van der Waals surface area contributed by atoms with Gasteiger partial charge in [0, 0.05) is 27.7 Å². The highest BCUT2D eigenvalue weighted by atomic mass is 35.5. The largest absolute Gasteiger partial charge is 0.481 e. The number of nitrogens with zero attached hydrogens (tertiary/aromatic N) is 1. The molecule has 0 aliphatic rings. The number of benzene rings is 1. The Morgan fingerprint density at radius 2 is 1.88 bits per heavy atom. The molecule has 0 aliphatic carbocycles. The Labute approximate surface area is 194 Å². The van der Waals surface area contributed by atoms with Crippen molar-refractivity contribution in [3.8, 4) is 0 Å². The molecule has 1 aromatic carbocycles. The monoisotopic (exact) mass is 471 g/mol. The van der Waals surface area contributed by atoms with Crippen LogP contribution in [0.25, 0.3) is 10.9 Å². The van der Waals surface area contributed by atoms with Crippen molar-refractivity contribution in [2.45, 2.75) is 52.8 Å². The SMILES string of the molecule is CC(C(=O)O)c1c(C(=O)c2cc(C(O[Si](C)C)C(C)(C)C)ccn2)[nH]c2cc(Cl)ccc12. The van der Waals surface area contributed by atoms with Gasteiger partial charge in [0.15, 0.2) is 0 Å². The second-order valence-corrected chi connectivity index (χ2v) is 11.7. The van der Waals surface area contributed by atoms with Crippen LogP contribution in [0.15, 0.2) is 36.5 Å². The van der Waals surface area contributed by atoms with E-state index >= 15 is 0 Å². The lowest BCUT2D eigenvalue weighted by molar-refractivity contribution is -0.138. The highest BCUT2D eigenvalue weighted by Gasteiger charge is 2.31. The second-order valence-electron chi connectivity index (χ2n) is 9.24. The highest BCUT2D eigenvalue weighted by Crippen LogP contribution is 2.37. The van der Waals surface area contributed by atoms with Crippen molar-refractivity contribution in [3.05, 3.63) is 64.1 Å². The molecular weight excluding hydrogens is 444 g/mol. The summed E-state index contributed by atoms with van der Waals surface area (Å²) in [5.41, 5.74) is 2.18. The first-order valence-electron chi connectivity index (χ1n) is 10.4. The number of aromatic nitrogens is 2. The first kappa shape index (κ1) is 24.2. The fourth-order valence-electron chi connectivity index (χ4n) is 3.79. The van der Waals surface area contributed by atoms with Gasteiger partial charge in [-0.25, -0.2) is 0 Å². The zero-order valence-corrected chi connectivity index (χ0v) is 20.9. The van der Waals surface area contributed by atoms with Gasteiger partial charge in [0.2, 0.25) is 14.8 Å². The molecule has 2 N–H and O–H groups in total. The smallest absolute Gasteiger partial charge is 0.310 e. The molecule has 0 bridgehead atoms. The molecule has 6 nitrogen and oxygen atoms in total. The first-order chi connectivity index (χ1) is 14.9. The molecule has 2 unspecified atom stereocenters. The summed E-state index contributed by atoms with van der Waals surface area (Å²) in [6.45, 7) is 12.0. The molecule has 2 aromatic heterocycles. The molecule has 2 atom stereocenters. The Morgan fingerprint density at radius 1 is 1.19 bits per heavy atom. The molecule has 0 fully saturated rings. The lowest BCUT2D eigenvalue weighted by atomic mass is 9.84. The van der Waals surface area contributed by atoms with Gasteiger partial charge in [-0.2, -0.15) is 0 Å². The maximum absolute atomic E-state index is 13.5. The lowest BCUT2D eigenvalue weighted by Crippen LogP contribution is -2.26. The molecule has 3 aromatic rings. The number of hydrogen-bond donors (Lipinski definition) is 2. The van der Waals surface area contributed by atoms with Gasteiger partial charge < -0.3 is 14.5 Å². The predicted molar refractivity (Wildman–Crippen MR) is 128 cm³/mol. The Hall–Kier alpha value is -2.48. The van der Waals surface area contributed by atoms with Crippen LogP contribution >= 0.6 is 11.6 Å². The molecule has 169 valence electrons. The van der Waals surface area contributed by atoms with E-state index in [1.165, 1.54) is 0 Å². The van der Waals surface area contributed by atoms with Gasteiger partial charge in [-0.15, -0.1) is 0 Å². The zero-order valence-electron chi connectivity index (χ0n) is 19.1. The summed E-state index contributed by atoms with van der Waals surface area (Å²) < 4.78 is 6.26. The number of H-pyrrole nitrogens is 1. The number of aromatic amines is 1. The van der Waals surface area contributed by atoms with E-state index in [1.807, 2.05) is 6.07 Å². The van der Waals surface area contributed by atoms with Gasteiger partial charge in [0.1, 0.15) is 5.69 Å². The number of nitrogens with one attached hydrogen (secondary N) is 1. The van der Waals surface area contributed by atoms with Crippen LogP contribution in [0.1, 0.15) is 67.0 Å². The molecule has 3 rings (SSSR count).